The van der Waals surface area contributed by atoms with Crippen molar-refractivity contribution in [3.05, 3.63) is 28.7 Å². The van der Waals surface area contributed by atoms with E-state index in [4.69, 9.17) is 4.74 Å². The summed E-state index contributed by atoms with van der Waals surface area (Å²) in [6.07, 6.45) is 1.51. The number of benzene rings is 1. The van der Waals surface area contributed by atoms with E-state index >= 15 is 0 Å². The zero-order valence-corrected chi connectivity index (χ0v) is 12.6. The number of halogens is 1. The second-order valence-corrected chi connectivity index (χ2v) is 7.23. The average Bonchev–Trinajstić information content (AvgIpc) is 2.39. The van der Waals surface area contributed by atoms with E-state index in [1.807, 2.05) is 0 Å². The average molecular weight is 334 g/mol. The second kappa shape index (κ2) is 5.69. The zero-order chi connectivity index (χ0) is 13.2. The van der Waals surface area contributed by atoms with E-state index in [1.165, 1.54) is 4.31 Å². The van der Waals surface area contributed by atoms with Crippen LogP contribution in [0, 0.1) is 0 Å². The van der Waals surface area contributed by atoms with Crippen LogP contribution in [0.4, 0.5) is 0 Å². The summed E-state index contributed by atoms with van der Waals surface area (Å²) < 4.78 is 32.4. The molecule has 1 saturated heterocycles. The zero-order valence-electron chi connectivity index (χ0n) is 10.2. The minimum absolute atomic E-state index is 0.0346. The topological polar surface area (TPSA) is 46.6 Å². The van der Waals surface area contributed by atoms with Gasteiger partial charge in [-0.15, -0.1) is 0 Å². The van der Waals surface area contributed by atoms with Gasteiger partial charge in [0, 0.05) is 30.8 Å². The second-order valence-electron chi connectivity index (χ2n) is 4.32. The van der Waals surface area contributed by atoms with E-state index in [2.05, 4.69) is 15.9 Å². The Morgan fingerprint density at radius 1 is 1.22 bits per heavy atom. The number of hydrogen-bond acceptors (Lipinski definition) is 3. The van der Waals surface area contributed by atoms with Crippen LogP contribution in [0.3, 0.4) is 0 Å². The van der Waals surface area contributed by atoms with E-state index in [0.29, 0.717) is 18.1 Å². The van der Waals surface area contributed by atoms with Gasteiger partial charge in [0.1, 0.15) is 0 Å². The standard InChI is InChI=1S/C12H16BrNO3S/c1-14(11-6-8-17-9-7-11)18(15,16)12-4-2-10(13)3-5-12/h2-5,11H,6-9H2,1H3. The summed E-state index contributed by atoms with van der Waals surface area (Å²) in [4.78, 5) is 0.333. The maximum atomic E-state index is 12.4. The Kier molecular flexibility index (Phi) is 4.42. The van der Waals surface area contributed by atoms with Crippen LogP contribution in [-0.4, -0.2) is 39.0 Å². The van der Waals surface area contributed by atoms with E-state index in [-0.39, 0.29) is 6.04 Å². The number of hydrogen-bond donors (Lipinski definition) is 0. The summed E-state index contributed by atoms with van der Waals surface area (Å²) in [5.41, 5.74) is 0. The lowest BCUT2D eigenvalue weighted by Crippen LogP contribution is -2.40. The Labute approximate surface area is 116 Å². The predicted octanol–water partition coefficient (Wildman–Crippen LogP) is 2.25. The van der Waals surface area contributed by atoms with Crippen molar-refractivity contribution < 1.29 is 13.2 Å². The Balaban J connectivity index is 2.21. The molecule has 2 rings (SSSR count). The highest BCUT2D eigenvalue weighted by Crippen LogP contribution is 2.22. The maximum Gasteiger partial charge on any atom is 0.243 e. The van der Waals surface area contributed by atoms with Crippen molar-refractivity contribution in [2.45, 2.75) is 23.8 Å². The van der Waals surface area contributed by atoms with Crippen molar-refractivity contribution in [2.24, 2.45) is 0 Å². The van der Waals surface area contributed by atoms with Gasteiger partial charge in [0.15, 0.2) is 0 Å². The first-order valence-corrected chi connectivity index (χ1v) is 8.06. The highest BCUT2D eigenvalue weighted by molar-refractivity contribution is 9.10. The van der Waals surface area contributed by atoms with Crippen LogP contribution in [0.2, 0.25) is 0 Å². The summed E-state index contributed by atoms with van der Waals surface area (Å²) in [6, 6.07) is 6.76. The Morgan fingerprint density at radius 3 is 2.33 bits per heavy atom. The lowest BCUT2D eigenvalue weighted by Gasteiger charge is -2.30. The van der Waals surface area contributed by atoms with Crippen molar-refractivity contribution in [1.29, 1.82) is 0 Å². The first-order valence-electron chi connectivity index (χ1n) is 5.83. The first kappa shape index (κ1) is 14.0. The maximum absolute atomic E-state index is 12.4. The van der Waals surface area contributed by atoms with Gasteiger partial charge in [0.05, 0.1) is 4.90 Å². The van der Waals surface area contributed by atoms with Gasteiger partial charge in [0.2, 0.25) is 10.0 Å². The largest absolute Gasteiger partial charge is 0.381 e. The van der Waals surface area contributed by atoms with Crippen LogP contribution < -0.4 is 0 Å². The first-order chi connectivity index (χ1) is 8.51. The highest BCUT2D eigenvalue weighted by Gasteiger charge is 2.29. The summed E-state index contributed by atoms with van der Waals surface area (Å²) in [7, 11) is -1.75. The minimum atomic E-state index is -3.40. The summed E-state index contributed by atoms with van der Waals surface area (Å²) in [5.74, 6) is 0. The molecular weight excluding hydrogens is 318 g/mol. The molecule has 1 aromatic rings. The van der Waals surface area contributed by atoms with Crippen molar-refractivity contribution >= 4 is 26.0 Å². The lowest BCUT2D eigenvalue weighted by molar-refractivity contribution is 0.0632. The number of nitrogens with zero attached hydrogens (tertiary/aromatic N) is 1. The van der Waals surface area contributed by atoms with E-state index in [0.717, 1.165) is 17.3 Å². The molecule has 0 aliphatic carbocycles. The molecule has 1 fully saturated rings. The molecule has 0 amide bonds. The van der Waals surface area contributed by atoms with Gasteiger partial charge >= 0.3 is 0 Å². The Hall–Kier alpha value is -0.430. The third-order valence-corrected chi connectivity index (χ3v) is 5.65. The third kappa shape index (κ3) is 2.93. The van der Waals surface area contributed by atoms with Crippen molar-refractivity contribution in [3.63, 3.8) is 0 Å². The fraction of sp³-hybridized carbons (Fsp3) is 0.500. The van der Waals surface area contributed by atoms with Crippen LogP contribution in [0.5, 0.6) is 0 Å². The molecule has 18 heavy (non-hydrogen) atoms. The molecule has 1 aliphatic rings. The molecule has 0 N–H and O–H groups in total. The van der Waals surface area contributed by atoms with Gasteiger partial charge in [0.25, 0.3) is 0 Å². The van der Waals surface area contributed by atoms with E-state index in [1.54, 1.807) is 31.3 Å². The third-order valence-electron chi connectivity index (χ3n) is 3.20. The molecular formula is C12H16BrNO3S. The smallest absolute Gasteiger partial charge is 0.243 e. The molecule has 100 valence electrons. The molecule has 0 atom stereocenters. The van der Waals surface area contributed by atoms with Crippen LogP contribution in [0.15, 0.2) is 33.6 Å². The Morgan fingerprint density at radius 2 is 1.78 bits per heavy atom. The van der Waals surface area contributed by atoms with Crippen LogP contribution in [0.25, 0.3) is 0 Å². The normalized spacial score (nSPS) is 18.2. The monoisotopic (exact) mass is 333 g/mol. The van der Waals surface area contributed by atoms with E-state index in [9.17, 15) is 8.42 Å². The van der Waals surface area contributed by atoms with Gasteiger partial charge in [-0.1, -0.05) is 15.9 Å². The SMILES string of the molecule is CN(C1CCOCC1)S(=O)(=O)c1ccc(Br)cc1. The van der Waals surface area contributed by atoms with Crippen LogP contribution in [0.1, 0.15) is 12.8 Å². The van der Waals surface area contributed by atoms with Crippen molar-refractivity contribution in [3.8, 4) is 0 Å². The van der Waals surface area contributed by atoms with E-state index < -0.39 is 10.0 Å². The molecule has 1 aromatic carbocycles. The van der Waals surface area contributed by atoms with Gasteiger partial charge in [-0.2, -0.15) is 4.31 Å². The highest BCUT2D eigenvalue weighted by atomic mass is 79.9. The van der Waals surface area contributed by atoms with Gasteiger partial charge in [-0.05, 0) is 37.1 Å². The van der Waals surface area contributed by atoms with Gasteiger partial charge in [-0.25, -0.2) is 8.42 Å². The molecule has 0 unspecified atom stereocenters. The van der Waals surface area contributed by atoms with Gasteiger partial charge in [-0.3, -0.25) is 0 Å². The lowest BCUT2D eigenvalue weighted by atomic mass is 10.1. The fourth-order valence-corrected chi connectivity index (χ4v) is 3.70. The number of rotatable bonds is 3. The van der Waals surface area contributed by atoms with Crippen molar-refractivity contribution in [1.82, 2.24) is 4.31 Å². The molecule has 1 heterocycles. The summed E-state index contributed by atoms with van der Waals surface area (Å²) in [5, 5.41) is 0. The number of ether oxygens (including phenoxy) is 1. The van der Waals surface area contributed by atoms with Gasteiger partial charge < -0.3 is 4.74 Å². The van der Waals surface area contributed by atoms with Crippen LogP contribution >= 0.6 is 15.9 Å². The molecule has 0 bridgehead atoms. The quantitative estimate of drug-likeness (QED) is 0.852. The molecule has 4 nitrogen and oxygen atoms in total. The predicted molar refractivity (Wildman–Crippen MR) is 72.9 cm³/mol. The van der Waals surface area contributed by atoms with Crippen molar-refractivity contribution in [2.75, 3.05) is 20.3 Å². The molecule has 1 aliphatic heterocycles. The van der Waals surface area contributed by atoms with Crippen LogP contribution in [-0.2, 0) is 14.8 Å². The minimum Gasteiger partial charge on any atom is -0.381 e. The molecule has 6 heteroatoms. The summed E-state index contributed by atoms with van der Waals surface area (Å²) >= 11 is 3.30. The molecule has 0 aromatic heterocycles. The number of sulfonamides is 1. The summed E-state index contributed by atoms with van der Waals surface area (Å²) in [6.45, 7) is 1.26. The Bertz CT molecular complexity index is 495. The molecule has 0 radical (unpaired) electrons. The molecule has 0 spiro atoms. The molecule has 0 saturated carbocycles. The fourth-order valence-electron chi connectivity index (χ4n) is 2.02.